The molecule has 0 fully saturated rings. The van der Waals surface area contributed by atoms with E-state index >= 15 is 0 Å². The van der Waals surface area contributed by atoms with Crippen LogP contribution in [-0.4, -0.2) is 19.1 Å². The molecule has 0 unspecified atom stereocenters. The molecule has 0 rings (SSSR count). The molecule has 0 atom stereocenters. The van der Waals surface area contributed by atoms with Gasteiger partial charge in [-0.1, -0.05) is 12.2 Å². The summed E-state index contributed by atoms with van der Waals surface area (Å²) in [7, 11) is 0. The van der Waals surface area contributed by atoms with Crippen molar-refractivity contribution < 1.29 is 4.74 Å². The maximum absolute atomic E-state index is 5.50. The summed E-state index contributed by atoms with van der Waals surface area (Å²) in [6.07, 6.45) is 0.912. The van der Waals surface area contributed by atoms with Crippen LogP contribution in [0.3, 0.4) is 0 Å². The van der Waals surface area contributed by atoms with E-state index in [4.69, 9.17) is 16.3 Å². The van der Waals surface area contributed by atoms with E-state index in [1.165, 1.54) is 0 Å². The number of halogens is 1. The van der Waals surface area contributed by atoms with Crippen LogP contribution in [0.2, 0.25) is 0 Å². The monoisotopic (exact) mass is 174 g/mol. The van der Waals surface area contributed by atoms with Crippen molar-refractivity contribution in [3.8, 4) is 0 Å². The van der Waals surface area contributed by atoms with Crippen LogP contribution < -0.4 is 0 Å². The molecule has 0 spiro atoms. The van der Waals surface area contributed by atoms with Gasteiger partial charge in [-0.15, -0.1) is 18.2 Å². The van der Waals surface area contributed by atoms with Crippen LogP contribution in [0.4, 0.5) is 0 Å². The van der Waals surface area contributed by atoms with E-state index in [1.54, 1.807) is 0 Å². The predicted molar refractivity (Wildman–Crippen MR) is 50.1 cm³/mol. The van der Waals surface area contributed by atoms with Gasteiger partial charge in [0.15, 0.2) is 0 Å². The Hall–Kier alpha value is -0.270. The van der Waals surface area contributed by atoms with Crippen LogP contribution in [-0.2, 0) is 4.74 Å². The molecular formula is C9H15ClO. The summed E-state index contributed by atoms with van der Waals surface area (Å²) in [6.45, 7) is 10.7. The molecule has 0 saturated heterocycles. The Labute approximate surface area is 73.7 Å². The molecule has 0 bridgehead atoms. The van der Waals surface area contributed by atoms with Gasteiger partial charge in [0.1, 0.15) is 0 Å². The largest absolute Gasteiger partial charge is 0.377 e. The number of rotatable bonds is 6. The first kappa shape index (κ1) is 10.7. The third kappa shape index (κ3) is 7.63. The summed E-state index contributed by atoms with van der Waals surface area (Å²) in [5, 5.41) is 0. The highest BCUT2D eigenvalue weighted by molar-refractivity contribution is 6.19. The van der Waals surface area contributed by atoms with E-state index in [0.29, 0.717) is 19.1 Å². The quantitative estimate of drug-likeness (QED) is 0.342. The van der Waals surface area contributed by atoms with Gasteiger partial charge in [0.05, 0.1) is 13.2 Å². The third-order valence-electron chi connectivity index (χ3n) is 1.17. The van der Waals surface area contributed by atoms with Crippen molar-refractivity contribution in [2.24, 2.45) is 0 Å². The molecule has 0 radical (unpaired) electrons. The van der Waals surface area contributed by atoms with E-state index < -0.39 is 0 Å². The second kappa shape index (κ2) is 6.44. The fourth-order valence-corrected chi connectivity index (χ4v) is 0.579. The third-order valence-corrected chi connectivity index (χ3v) is 1.55. The van der Waals surface area contributed by atoms with Gasteiger partial charge in [-0.05, 0) is 18.9 Å². The summed E-state index contributed by atoms with van der Waals surface area (Å²) < 4.78 is 5.25. The number of alkyl halides is 1. The lowest BCUT2D eigenvalue weighted by Gasteiger charge is -2.03. The predicted octanol–water partition coefficient (Wildman–Crippen LogP) is 2.76. The molecular weight excluding hydrogens is 160 g/mol. The lowest BCUT2D eigenvalue weighted by Crippen LogP contribution is -2.00. The molecule has 0 aromatic heterocycles. The highest BCUT2D eigenvalue weighted by Gasteiger charge is 1.92. The Bertz CT molecular complexity index is 140. The van der Waals surface area contributed by atoms with Gasteiger partial charge in [0.2, 0.25) is 0 Å². The molecule has 0 aromatic rings. The van der Waals surface area contributed by atoms with Gasteiger partial charge in [0, 0.05) is 5.88 Å². The second-order valence-electron chi connectivity index (χ2n) is 2.64. The Morgan fingerprint density at radius 2 is 2.09 bits per heavy atom. The average molecular weight is 175 g/mol. The van der Waals surface area contributed by atoms with Crippen molar-refractivity contribution in [3.05, 3.63) is 24.3 Å². The van der Waals surface area contributed by atoms with Crippen LogP contribution in [0.1, 0.15) is 13.3 Å². The summed E-state index contributed by atoms with van der Waals surface area (Å²) >= 11 is 5.50. The summed E-state index contributed by atoms with van der Waals surface area (Å²) in [5.74, 6) is 0.479. The number of ether oxygens (including phenoxy) is 1. The van der Waals surface area contributed by atoms with Gasteiger partial charge >= 0.3 is 0 Å². The smallest absolute Gasteiger partial charge is 0.0685 e. The van der Waals surface area contributed by atoms with E-state index in [-0.39, 0.29) is 0 Å². The Balaban J connectivity index is 3.14. The van der Waals surface area contributed by atoms with E-state index in [0.717, 1.165) is 17.6 Å². The molecule has 2 heteroatoms. The maximum atomic E-state index is 5.50. The molecule has 0 amide bonds. The normalized spacial score (nSPS) is 9.64. The molecule has 11 heavy (non-hydrogen) atoms. The number of hydrogen-bond donors (Lipinski definition) is 0. The second-order valence-corrected chi connectivity index (χ2v) is 2.91. The lowest BCUT2D eigenvalue weighted by atomic mass is 10.3. The van der Waals surface area contributed by atoms with Crippen LogP contribution >= 0.6 is 11.6 Å². The zero-order chi connectivity index (χ0) is 8.69. The number of hydrogen-bond acceptors (Lipinski definition) is 1. The minimum Gasteiger partial charge on any atom is -0.377 e. The van der Waals surface area contributed by atoms with Gasteiger partial charge < -0.3 is 4.74 Å². The van der Waals surface area contributed by atoms with Gasteiger partial charge in [-0.25, -0.2) is 0 Å². The highest BCUT2D eigenvalue weighted by Crippen LogP contribution is 1.98. The van der Waals surface area contributed by atoms with E-state index in [1.807, 2.05) is 6.92 Å². The van der Waals surface area contributed by atoms with E-state index in [2.05, 4.69) is 13.2 Å². The van der Waals surface area contributed by atoms with Crippen molar-refractivity contribution in [1.82, 2.24) is 0 Å². The summed E-state index contributed by atoms with van der Waals surface area (Å²) in [4.78, 5) is 0. The summed E-state index contributed by atoms with van der Waals surface area (Å²) in [5.41, 5.74) is 2.06. The van der Waals surface area contributed by atoms with Crippen molar-refractivity contribution in [2.45, 2.75) is 13.3 Å². The van der Waals surface area contributed by atoms with E-state index in [9.17, 15) is 0 Å². The van der Waals surface area contributed by atoms with Crippen molar-refractivity contribution in [1.29, 1.82) is 0 Å². The average Bonchev–Trinajstić information content (AvgIpc) is 1.97. The molecule has 0 aliphatic heterocycles. The van der Waals surface area contributed by atoms with Crippen molar-refractivity contribution in [2.75, 3.05) is 19.1 Å². The van der Waals surface area contributed by atoms with Gasteiger partial charge in [-0.2, -0.15) is 0 Å². The molecule has 0 aliphatic rings. The van der Waals surface area contributed by atoms with Crippen LogP contribution in [0.15, 0.2) is 24.3 Å². The molecule has 0 aromatic carbocycles. The first-order chi connectivity index (χ1) is 5.16. The lowest BCUT2D eigenvalue weighted by molar-refractivity contribution is 0.160. The highest BCUT2D eigenvalue weighted by atomic mass is 35.5. The maximum Gasteiger partial charge on any atom is 0.0685 e. The zero-order valence-corrected chi connectivity index (χ0v) is 7.78. The minimum atomic E-state index is 0.479. The molecule has 0 aliphatic carbocycles. The summed E-state index contributed by atoms with van der Waals surface area (Å²) in [6, 6.07) is 0. The Kier molecular flexibility index (Phi) is 6.28. The SMILES string of the molecule is C=C(C)CCOCC(=C)CCl. The first-order valence-corrected chi connectivity index (χ1v) is 4.15. The Morgan fingerprint density at radius 3 is 2.55 bits per heavy atom. The molecule has 0 heterocycles. The van der Waals surface area contributed by atoms with Crippen LogP contribution in [0.25, 0.3) is 0 Å². The van der Waals surface area contributed by atoms with Gasteiger partial charge in [-0.3, -0.25) is 0 Å². The Morgan fingerprint density at radius 1 is 1.45 bits per heavy atom. The van der Waals surface area contributed by atoms with Crippen molar-refractivity contribution in [3.63, 3.8) is 0 Å². The van der Waals surface area contributed by atoms with Gasteiger partial charge in [0.25, 0.3) is 0 Å². The molecule has 64 valence electrons. The molecule has 0 N–H and O–H groups in total. The minimum absolute atomic E-state index is 0.479. The molecule has 1 nitrogen and oxygen atoms in total. The fraction of sp³-hybridized carbons (Fsp3) is 0.556. The van der Waals surface area contributed by atoms with Crippen molar-refractivity contribution >= 4 is 11.6 Å². The standard InChI is InChI=1S/C9H15ClO/c1-8(2)4-5-11-7-9(3)6-10/h1,3-7H2,2H3. The fourth-order valence-electron chi connectivity index (χ4n) is 0.501. The topological polar surface area (TPSA) is 9.23 Å². The first-order valence-electron chi connectivity index (χ1n) is 3.61. The zero-order valence-electron chi connectivity index (χ0n) is 7.03. The molecule has 0 saturated carbocycles. The van der Waals surface area contributed by atoms with Crippen LogP contribution in [0, 0.1) is 0 Å². The van der Waals surface area contributed by atoms with Crippen LogP contribution in [0.5, 0.6) is 0 Å².